The zero-order valence-corrected chi connectivity index (χ0v) is 10.1. The molecule has 2 heterocycles. The van der Waals surface area contributed by atoms with Crippen LogP contribution in [0, 0.1) is 0 Å². The SMILES string of the molecule is CNC(C)c1cnc(C2CCCCO2)s1. The maximum atomic E-state index is 5.72. The van der Waals surface area contributed by atoms with Crippen LogP contribution >= 0.6 is 11.3 Å². The standard InChI is InChI=1S/C11H18N2OS/c1-8(12-2)10-7-13-11(15-10)9-5-3-4-6-14-9/h7-9,12H,3-6H2,1-2H3. The van der Waals surface area contributed by atoms with Gasteiger partial charge in [-0.3, -0.25) is 0 Å². The summed E-state index contributed by atoms with van der Waals surface area (Å²) < 4.78 is 5.72. The lowest BCUT2D eigenvalue weighted by Gasteiger charge is -2.20. The topological polar surface area (TPSA) is 34.2 Å². The minimum atomic E-state index is 0.251. The molecule has 0 aromatic carbocycles. The Hall–Kier alpha value is -0.450. The van der Waals surface area contributed by atoms with Gasteiger partial charge in [0.25, 0.3) is 0 Å². The monoisotopic (exact) mass is 226 g/mol. The van der Waals surface area contributed by atoms with Crippen molar-refractivity contribution in [2.75, 3.05) is 13.7 Å². The van der Waals surface area contributed by atoms with Crippen LogP contribution in [0.2, 0.25) is 0 Å². The van der Waals surface area contributed by atoms with Crippen molar-refractivity contribution in [2.45, 2.75) is 38.3 Å². The summed E-state index contributed by atoms with van der Waals surface area (Å²) in [5.74, 6) is 0. The van der Waals surface area contributed by atoms with E-state index in [0.29, 0.717) is 6.04 Å². The Kier molecular flexibility index (Phi) is 3.72. The van der Waals surface area contributed by atoms with Crippen molar-refractivity contribution >= 4 is 11.3 Å². The molecule has 1 aliphatic heterocycles. The van der Waals surface area contributed by atoms with Crippen molar-refractivity contribution in [1.29, 1.82) is 0 Å². The minimum absolute atomic E-state index is 0.251. The van der Waals surface area contributed by atoms with E-state index < -0.39 is 0 Å². The van der Waals surface area contributed by atoms with Crippen LogP contribution in [0.4, 0.5) is 0 Å². The van der Waals surface area contributed by atoms with Crippen LogP contribution in [0.3, 0.4) is 0 Å². The molecule has 1 fully saturated rings. The number of hydrogen-bond acceptors (Lipinski definition) is 4. The molecule has 1 aliphatic rings. The first kappa shape index (κ1) is 11.0. The third-order valence-electron chi connectivity index (χ3n) is 2.86. The Labute approximate surface area is 94.9 Å². The number of nitrogens with one attached hydrogen (secondary N) is 1. The fourth-order valence-electron chi connectivity index (χ4n) is 1.73. The maximum absolute atomic E-state index is 5.72. The van der Waals surface area contributed by atoms with Crippen LogP contribution < -0.4 is 5.32 Å². The molecule has 2 atom stereocenters. The second-order valence-corrected chi connectivity index (χ2v) is 5.06. The molecule has 0 amide bonds. The Morgan fingerprint density at radius 3 is 3.13 bits per heavy atom. The van der Waals surface area contributed by atoms with Gasteiger partial charge in [0.05, 0.1) is 0 Å². The number of ether oxygens (including phenoxy) is 1. The summed E-state index contributed by atoms with van der Waals surface area (Å²) in [5, 5.41) is 4.37. The van der Waals surface area contributed by atoms with Gasteiger partial charge in [0, 0.05) is 23.7 Å². The van der Waals surface area contributed by atoms with Crippen molar-refractivity contribution in [3.63, 3.8) is 0 Å². The fraction of sp³-hybridized carbons (Fsp3) is 0.727. The van der Waals surface area contributed by atoms with Crippen molar-refractivity contribution in [3.8, 4) is 0 Å². The lowest BCUT2D eigenvalue weighted by Crippen LogP contribution is -2.11. The molecule has 84 valence electrons. The molecule has 1 saturated heterocycles. The van der Waals surface area contributed by atoms with E-state index in [1.54, 1.807) is 11.3 Å². The highest BCUT2D eigenvalue weighted by molar-refractivity contribution is 7.11. The Balaban J connectivity index is 2.05. The highest BCUT2D eigenvalue weighted by Crippen LogP contribution is 2.32. The minimum Gasteiger partial charge on any atom is -0.371 e. The van der Waals surface area contributed by atoms with E-state index in [2.05, 4.69) is 17.2 Å². The number of aromatic nitrogens is 1. The molecule has 0 spiro atoms. The molecule has 0 radical (unpaired) electrons. The van der Waals surface area contributed by atoms with E-state index in [0.717, 1.165) is 18.0 Å². The summed E-state index contributed by atoms with van der Waals surface area (Å²) >= 11 is 1.77. The molecular formula is C11H18N2OS. The molecule has 4 heteroatoms. The molecule has 1 N–H and O–H groups in total. The van der Waals surface area contributed by atoms with Crippen molar-refractivity contribution in [3.05, 3.63) is 16.1 Å². The van der Waals surface area contributed by atoms with Gasteiger partial charge in [0.2, 0.25) is 0 Å². The molecule has 0 saturated carbocycles. The molecule has 2 unspecified atom stereocenters. The maximum Gasteiger partial charge on any atom is 0.122 e. The summed E-state index contributed by atoms with van der Waals surface area (Å²) in [6, 6.07) is 0.389. The van der Waals surface area contributed by atoms with Gasteiger partial charge >= 0.3 is 0 Å². The first-order valence-corrected chi connectivity index (χ1v) is 6.37. The molecular weight excluding hydrogens is 208 g/mol. The number of hydrogen-bond donors (Lipinski definition) is 1. The van der Waals surface area contributed by atoms with Gasteiger partial charge in [-0.15, -0.1) is 11.3 Å². The van der Waals surface area contributed by atoms with Crippen LogP contribution in [-0.4, -0.2) is 18.6 Å². The lowest BCUT2D eigenvalue weighted by atomic mass is 10.1. The molecule has 0 bridgehead atoms. The molecule has 0 aliphatic carbocycles. The molecule has 1 aromatic heterocycles. The van der Waals surface area contributed by atoms with E-state index >= 15 is 0 Å². The average Bonchev–Trinajstić information content (AvgIpc) is 2.78. The van der Waals surface area contributed by atoms with Gasteiger partial charge in [-0.2, -0.15) is 0 Å². The molecule has 15 heavy (non-hydrogen) atoms. The molecule has 2 rings (SSSR count). The van der Waals surface area contributed by atoms with Gasteiger partial charge in [-0.25, -0.2) is 4.98 Å². The molecule has 3 nitrogen and oxygen atoms in total. The van der Waals surface area contributed by atoms with E-state index in [1.807, 2.05) is 13.2 Å². The third-order valence-corrected chi connectivity index (χ3v) is 4.13. The fourth-order valence-corrected chi connectivity index (χ4v) is 2.79. The van der Waals surface area contributed by atoms with Crippen LogP contribution in [0.15, 0.2) is 6.20 Å². The number of thiazole rings is 1. The molecule has 1 aromatic rings. The van der Waals surface area contributed by atoms with Gasteiger partial charge in [0.15, 0.2) is 0 Å². The van der Waals surface area contributed by atoms with Gasteiger partial charge in [-0.05, 0) is 33.2 Å². The Morgan fingerprint density at radius 2 is 2.47 bits per heavy atom. The van der Waals surface area contributed by atoms with E-state index in [1.165, 1.54) is 17.7 Å². The van der Waals surface area contributed by atoms with Crippen LogP contribution in [0.25, 0.3) is 0 Å². The lowest BCUT2D eigenvalue weighted by molar-refractivity contribution is 0.0148. The predicted molar refractivity (Wildman–Crippen MR) is 62.1 cm³/mol. The van der Waals surface area contributed by atoms with Gasteiger partial charge < -0.3 is 10.1 Å². The zero-order chi connectivity index (χ0) is 10.7. The van der Waals surface area contributed by atoms with E-state index in [-0.39, 0.29) is 6.10 Å². The summed E-state index contributed by atoms with van der Waals surface area (Å²) in [4.78, 5) is 5.76. The largest absolute Gasteiger partial charge is 0.371 e. The first-order valence-electron chi connectivity index (χ1n) is 5.55. The second kappa shape index (κ2) is 5.05. The van der Waals surface area contributed by atoms with Crippen LogP contribution in [-0.2, 0) is 4.74 Å². The predicted octanol–water partition coefficient (Wildman–Crippen LogP) is 2.67. The number of rotatable bonds is 3. The van der Waals surface area contributed by atoms with E-state index in [9.17, 15) is 0 Å². The van der Waals surface area contributed by atoms with Crippen LogP contribution in [0.5, 0.6) is 0 Å². The number of nitrogens with zero attached hydrogens (tertiary/aromatic N) is 1. The summed E-state index contributed by atoms with van der Waals surface area (Å²) in [5.41, 5.74) is 0. The van der Waals surface area contributed by atoms with Gasteiger partial charge in [-0.1, -0.05) is 0 Å². The highest BCUT2D eigenvalue weighted by Gasteiger charge is 2.20. The Bertz CT molecular complexity index is 307. The van der Waals surface area contributed by atoms with E-state index in [4.69, 9.17) is 4.74 Å². The third kappa shape index (κ3) is 2.56. The normalized spacial score (nSPS) is 24.0. The smallest absolute Gasteiger partial charge is 0.122 e. The van der Waals surface area contributed by atoms with Gasteiger partial charge in [0.1, 0.15) is 11.1 Å². The van der Waals surface area contributed by atoms with Crippen molar-refractivity contribution in [2.24, 2.45) is 0 Å². The zero-order valence-electron chi connectivity index (χ0n) is 9.32. The quantitative estimate of drug-likeness (QED) is 0.860. The second-order valence-electron chi connectivity index (χ2n) is 3.97. The first-order chi connectivity index (χ1) is 7.31. The summed E-state index contributed by atoms with van der Waals surface area (Å²) in [6.07, 6.45) is 5.81. The Morgan fingerprint density at radius 1 is 1.60 bits per heavy atom. The average molecular weight is 226 g/mol. The summed E-state index contributed by atoms with van der Waals surface area (Å²) in [6.45, 7) is 3.04. The van der Waals surface area contributed by atoms with Crippen molar-refractivity contribution < 1.29 is 4.74 Å². The van der Waals surface area contributed by atoms with Crippen LogP contribution in [0.1, 0.15) is 48.2 Å². The van der Waals surface area contributed by atoms with Crippen molar-refractivity contribution in [1.82, 2.24) is 10.3 Å². The summed E-state index contributed by atoms with van der Waals surface area (Å²) in [7, 11) is 1.97. The highest BCUT2D eigenvalue weighted by atomic mass is 32.1.